The second-order valence-corrected chi connectivity index (χ2v) is 5.44. The van der Waals surface area contributed by atoms with Crippen molar-refractivity contribution >= 4 is 17.5 Å². The summed E-state index contributed by atoms with van der Waals surface area (Å²) in [7, 11) is 0. The number of amides is 1. The van der Waals surface area contributed by atoms with Crippen molar-refractivity contribution in [3.8, 4) is 11.5 Å². The first-order valence-corrected chi connectivity index (χ1v) is 7.43. The summed E-state index contributed by atoms with van der Waals surface area (Å²) in [4.78, 5) is 12.0. The Hall–Kier alpha value is -2.66. The van der Waals surface area contributed by atoms with Crippen molar-refractivity contribution < 1.29 is 9.21 Å². The SMILES string of the molecule is Cc1ccc(C(=O)NCc2nnc(-c3ccccc3Cl)o2)cc1. The quantitative estimate of drug-likeness (QED) is 0.794. The fourth-order valence-corrected chi connectivity index (χ4v) is 2.25. The van der Waals surface area contributed by atoms with E-state index in [1.54, 1.807) is 24.3 Å². The molecule has 23 heavy (non-hydrogen) atoms. The number of carbonyl (C=O) groups is 1. The van der Waals surface area contributed by atoms with Gasteiger partial charge in [-0.3, -0.25) is 4.79 Å². The van der Waals surface area contributed by atoms with Gasteiger partial charge in [-0.25, -0.2) is 0 Å². The van der Waals surface area contributed by atoms with Gasteiger partial charge in [-0.05, 0) is 31.2 Å². The van der Waals surface area contributed by atoms with E-state index in [1.165, 1.54) is 0 Å². The zero-order chi connectivity index (χ0) is 16.2. The first-order chi connectivity index (χ1) is 11.1. The van der Waals surface area contributed by atoms with Crippen molar-refractivity contribution in [1.82, 2.24) is 15.5 Å². The Morgan fingerprint density at radius 3 is 2.61 bits per heavy atom. The molecule has 0 spiro atoms. The number of benzene rings is 2. The zero-order valence-electron chi connectivity index (χ0n) is 12.4. The molecule has 0 aliphatic carbocycles. The van der Waals surface area contributed by atoms with Crippen LogP contribution in [0, 0.1) is 6.92 Å². The number of aromatic nitrogens is 2. The molecule has 0 saturated heterocycles. The molecule has 0 radical (unpaired) electrons. The van der Waals surface area contributed by atoms with Crippen molar-refractivity contribution in [2.75, 3.05) is 0 Å². The van der Waals surface area contributed by atoms with Crippen LogP contribution >= 0.6 is 11.6 Å². The number of aryl methyl sites for hydroxylation is 1. The van der Waals surface area contributed by atoms with E-state index >= 15 is 0 Å². The predicted octanol–water partition coefficient (Wildman–Crippen LogP) is 3.63. The van der Waals surface area contributed by atoms with E-state index in [0.29, 0.717) is 27.9 Å². The minimum absolute atomic E-state index is 0.157. The summed E-state index contributed by atoms with van der Waals surface area (Å²) in [6.07, 6.45) is 0. The molecular weight excluding hydrogens is 314 g/mol. The first kappa shape index (κ1) is 15.2. The molecule has 3 rings (SSSR count). The molecule has 0 saturated carbocycles. The molecule has 6 heteroatoms. The van der Waals surface area contributed by atoms with Gasteiger partial charge in [0.15, 0.2) is 0 Å². The van der Waals surface area contributed by atoms with E-state index in [9.17, 15) is 4.79 Å². The molecule has 0 aliphatic heterocycles. The van der Waals surface area contributed by atoms with Crippen LogP contribution in [0.25, 0.3) is 11.5 Å². The second-order valence-electron chi connectivity index (χ2n) is 5.03. The van der Waals surface area contributed by atoms with Crippen LogP contribution in [-0.4, -0.2) is 16.1 Å². The Kier molecular flexibility index (Phi) is 4.39. The van der Waals surface area contributed by atoms with E-state index < -0.39 is 0 Å². The number of rotatable bonds is 4. The number of hydrogen-bond acceptors (Lipinski definition) is 4. The summed E-state index contributed by atoms with van der Waals surface area (Å²) >= 11 is 6.09. The van der Waals surface area contributed by atoms with Crippen LogP contribution in [0.4, 0.5) is 0 Å². The third-order valence-corrected chi connectivity index (χ3v) is 3.61. The summed E-state index contributed by atoms with van der Waals surface area (Å²) in [5.74, 6) is 0.457. The lowest BCUT2D eigenvalue weighted by atomic mass is 10.1. The third-order valence-electron chi connectivity index (χ3n) is 3.29. The molecule has 0 fully saturated rings. The summed E-state index contributed by atoms with van der Waals surface area (Å²) in [5, 5.41) is 11.2. The molecule has 1 N–H and O–H groups in total. The van der Waals surface area contributed by atoms with Gasteiger partial charge >= 0.3 is 0 Å². The molecule has 1 aromatic heterocycles. The molecule has 1 amide bonds. The van der Waals surface area contributed by atoms with Crippen LogP contribution in [0.2, 0.25) is 5.02 Å². The van der Waals surface area contributed by atoms with E-state index in [-0.39, 0.29) is 12.5 Å². The number of halogens is 1. The van der Waals surface area contributed by atoms with Gasteiger partial charge in [0.05, 0.1) is 17.1 Å². The summed E-state index contributed by atoms with van der Waals surface area (Å²) in [6.45, 7) is 2.13. The minimum Gasteiger partial charge on any atom is -0.419 e. The lowest BCUT2D eigenvalue weighted by molar-refractivity contribution is 0.0947. The second kappa shape index (κ2) is 6.62. The highest BCUT2D eigenvalue weighted by atomic mass is 35.5. The van der Waals surface area contributed by atoms with Gasteiger partial charge < -0.3 is 9.73 Å². The van der Waals surface area contributed by atoms with Crippen LogP contribution in [0.3, 0.4) is 0 Å². The van der Waals surface area contributed by atoms with Crippen molar-refractivity contribution in [2.24, 2.45) is 0 Å². The molecule has 0 unspecified atom stereocenters. The fourth-order valence-electron chi connectivity index (χ4n) is 2.03. The van der Waals surface area contributed by atoms with Crippen LogP contribution in [0.5, 0.6) is 0 Å². The summed E-state index contributed by atoms with van der Waals surface area (Å²) in [5.41, 5.74) is 2.35. The molecule has 0 aliphatic rings. The van der Waals surface area contributed by atoms with Gasteiger partial charge in [0, 0.05) is 5.56 Å². The maximum atomic E-state index is 12.0. The smallest absolute Gasteiger partial charge is 0.251 e. The normalized spacial score (nSPS) is 10.5. The van der Waals surface area contributed by atoms with Gasteiger partial charge in [0.2, 0.25) is 11.8 Å². The van der Waals surface area contributed by atoms with E-state index in [1.807, 2.05) is 31.2 Å². The van der Waals surface area contributed by atoms with Crippen LogP contribution in [-0.2, 0) is 6.54 Å². The standard InChI is InChI=1S/C17H14ClN3O2/c1-11-6-8-12(9-7-11)16(22)19-10-15-20-21-17(23-15)13-4-2-3-5-14(13)18/h2-9H,10H2,1H3,(H,19,22). The molecule has 0 atom stereocenters. The van der Waals surface area contributed by atoms with E-state index in [2.05, 4.69) is 15.5 Å². The van der Waals surface area contributed by atoms with E-state index in [0.717, 1.165) is 5.56 Å². The maximum Gasteiger partial charge on any atom is 0.251 e. The fraction of sp³-hybridized carbons (Fsp3) is 0.118. The highest BCUT2D eigenvalue weighted by molar-refractivity contribution is 6.33. The minimum atomic E-state index is -0.192. The van der Waals surface area contributed by atoms with Gasteiger partial charge in [-0.1, -0.05) is 41.4 Å². The number of carbonyl (C=O) groups excluding carboxylic acids is 1. The van der Waals surface area contributed by atoms with Gasteiger partial charge in [0.25, 0.3) is 5.91 Å². The average molecular weight is 328 g/mol. The number of hydrogen-bond donors (Lipinski definition) is 1. The third kappa shape index (κ3) is 3.57. The summed E-state index contributed by atoms with van der Waals surface area (Å²) in [6, 6.07) is 14.5. The van der Waals surface area contributed by atoms with Crippen molar-refractivity contribution in [3.05, 3.63) is 70.6 Å². The zero-order valence-corrected chi connectivity index (χ0v) is 13.2. The van der Waals surface area contributed by atoms with Crippen molar-refractivity contribution in [3.63, 3.8) is 0 Å². The van der Waals surface area contributed by atoms with Gasteiger partial charge in [-0.2, -0.15) is 0 Å². The first-order valence-electron chi connectivity index (χ1n) is 7.05. The Bertz CT molecular complexity index is 828. The Morgan fingerprint density at radius 2 is 1.87 bits per heavy atom. The lowest BCUT2D eigenvalue weighted by Crippen LogP contribution is -2.22. The Labute approximate surface area is 138 Å². The maximum absolute atomic E-state index is 12.0. The highest BCUT2D eigenvalue weighted by Gasteiger charge is 2.12. The molecule has 116 valence electrons. The lowest BCUT2D eigenvalue weighted by Gasteiger charge is -2.02. The topological polar surface area (TPSA) is 68.0 Å². The van der Waals surface area contributed by atoms with Crippen LogP contribution in [0.1, 0.15) is 21.8 Å². The van der Waals surface area contributed by atoms with Crippen LogP contribution in [0.15, 0.2) is 52.9 Å². The van der Waals surface area contributed by atoms with Gasteiger partial charge in [0.1, 0.15) is 0 Å². The number of nitrogens with one attached hydrogen (secondary N) is 1. The molecule has 5 nitrogen and oxygen atoms in total. The summed E-state index contributed by atoms with van der Waals surface area (Å²) < 4.78 is 5.53. The monoisotopic (exact) mass is 327 g/mol. The van der Waals surface area contributed by atoms with Crippen molar-refractivity contribution in [2.45, 2.75) is 13.5 Å². The molecular formula is C17H14ClN3O2. The highest BCUT2D eigenvalue weighted by Crippen LogP contribution is 2.26. The molecule has 2 aromatic carbocycles. The van der Waals surface area contributed by atoms with Crippen LogP contribution < -0.4 is 5.32 Å². The van der Waals surface area contributed by atoms with E-state index in [4.69, 9.17) is 16.0 Å². The Morgan fingerprint density at radius 1 is 1.13 bits per heavy atom. The molecule has 3 aromatic rings. The molecule has 0 bridgehead atoms. The molecule has 1 heterocycles. The average Bonchev–Trinajstić information content (AvgIpc) is 3.02. The number of nitrogens with zero attached hydrogens (tertiary/aromatic N) is 2. The van der Waals surface area contributed by atoms with Gasteiger partial charge in [-0.15, -0.1) is 10.2 Å². The predicted molar refractivity (Wildman–Crippen MR) is 87.1 cm³/mol. The van der Waals surface area contributed by atoms with Crippen molar-refractivity contribution in [1.29, 1.82) is 0 Å². The Balaban J connectivity index is 1.67. The largest absolute Gasteiger partial charge is 0.419 e.